The summed E-state index contributed by atoms with van der Waals surface area (Å²) in [4.78, 5) is 30.3. The van der Waals surface area contributed by atoms with E-state index in [2.05, 4.69) is 39.3 Å². The predicted molar refractivity (Wildman–Crippen MR) is 136 cm³/mol. The average Bonchev–Trinajstić information content (AvgIpc) is 3.57. The fourth-order valence-corrected chi connectivity index (χ4v) is 4.97. The fraction of sp³-hybridized carbons (Fsp3) is 0.222. The predicted octanol–water partition coefficient (Wildman–Crippen LogP) is 3.62. The smallest absolute Gasteiger partial charge is 0.240 e. The van der Waals surface area contributed by atoms with E-state index in [1.807, 2.05) is 54.3 Å². The standard InChI is InChI=1S/C27H26N6O2/c1-31-16-21(20-7-3-5-9-24(20)31)23-14-26-32(27(35)11-13-33(26)30-23)17-25(34)28-12-10-18-15-29-22-8-4-2-6-19(18)22/h2-9,14-16,29H,10-13,17H2,1H3,(H,28,34). The van der Waals surface area contributed by atoms with Crippen LogP contribution in [0.5, 0.6) is 0 Å². The zero-order valence-corrected chi connectivity index (χ0v) is 19.5. The van der Waals surface area contributed by atoms with E-state index in [0.29, 0.717) is 31.7 Å². The van der Waals surface area contributed by atoms with Crippen LogP contribution in [0.25, 0.3) is 33.1 Å². The van der Waals surface area contributed by atoms with Crippen molar-refractivity contribution in [3.05, 3.63) is 72.6 Å². The Kier molecular flexibility index (Phi) is 5.13. The first-order valence-electron chi connectivity index (χ1n) is 11.8. The number of aromatic nitrogens is 4. The summed E-state index contributed by atoms with van der Waals surface area (Å²) in [6, 6.07) is 18.2. The topological polar surface area (TPSA) is 87.9 Å². The van der Waals surface area contributed by atoms with Gasteiger partial charge in [-0.1, -0.05) is 36.4 Å². The quantitative estimate of drug-likeness (QED) is 0.401. The number of fused-ring (bicyclic) bond motifs is 3. The molecule has 2 N–H and O–H groups in total. The number of hydrogen-bond acceptors (Lipinski definition) is 3. The van der Waals surface area contributed by atoms with Crippen LogP contribution in [-0.4, -0.2) is 44.2 Å². The summed E-state index contributed by atoms with van der Waals surface area (Å²) in [5.41, 5.74) is 5.18. The number of rotatable bonds is 6. The normalized spacial score (nSPS) is 13.5. The van der Waals surface area contributed by atoms with Crippen molar-refractivity contribution >= 4 is 39.4 Å². The summed E-state index contributed by atoms with van der Waals surface area (Å²) in [6.45, 7) is 0.994. The second-order valence-electron chi connectivity index (χ2n) is 8.97. The van der Waals surface area contributed by atoms with E-state index in [4.69, 9.17) is 5.10 Å². The Morgan fingerprint density at radius 2 is 1.91 bits per heavy atom. The van der Waals surface area contributed by atoms with Crippen molar-refractivity contribution in [1.82, 2.24) is 24.6 Å². The fourth-order valence-electron chi connectivity index (χ4n) is 4.97. The number of aryl methyl sites for hydroxylation is 2. The van der Waals surface area contributed by atoms with Crippen molar-refractivity contribution in [3.63, 3.8) is 0 Å². The van der Waals surface area contributed by atoms with E-state index in [1.54, 1.807) is 4.90 Å². The van der Waals surface area contributed by atoms with Crippen LogP contribution in [-0.2, 0) is 29.6 Å². The van der Waals surface area contributed by atoms with Crippen LogP contribution in [0.1, 0.15) is 12.0 Å². The first kappa shape index (κ1) is 21.2. The molecular weight excluding hydrogens is 440 g/mol. The number of amides is 2. The Labute approximate surface area is 202 Å². The Morgan fingerprint density at radius 3 is 2.80 bits per heavy atom. The minimum absolute atomic E-state index is 0.0204. The van der Waals surface area contributed by atoms with Gasteiger partial charge in [-0.05, 0) is 24.1 Å². The molecule has 3 aromatic heterocycles. The van der Waals surface area contributed by atoms with Crippen molar-refractivity contribution in [3.8, 4) is 11.3 Å². The van der Waals surface area contributed by atoms with E-state index in [-0.39, 0.29) is 18.4 Å². The Balaban J connectivity index is 1.18. The number of carbonyl (C=O) groups excluding carboxylic acids is 2. The summed E-state index contributed by atoms with van der Waals surface area (Å²) < 4.78 is 3.91. The maximum absolute atomic E-state index is 12.8. The third-order valence-electron chi connectivity index (χ3n) is 6.74. The SMILES string of the molecule is Cn1cc(-c2cc3n(n2)CCC(=O)N3CC(=O)NCCc2c[nH]c3ccccc23)c2ccccc21. The van der Waals surface area contributed by atoms with Crippen molar-refractivity contribution in [2.75, 3.05) is 18.0 Å². The highest BCUT2D eigenvalue weighted by Crippen LogP contribution is 2.33. The highest BCUT2D eigenvalue weighted by Gasteiger charge is 2.28. The Hall–Kier alpha value is -4.33. The third-order valence-corrected chi connectivity index (χ3v) is 6.74. The molecule has 1 aliphatic heterocycles. The summed E-state index contributed by atoms with van der Waals surface area (Å²) in [7, 11) is 2.01. The summed E-state index contributed by atoms with van der Waals surface area (Å²) >= 11 is 0. The molecule has 0 unspecified atom stereocenters. The molecule has 0 aliphatic carbocycles. The minimum atomic E-state index is -0.181. The second kappa shape index (κ2) is 8.47. The molecule has 8 heteroatoms. The molecule has 0 fully saturated rings. The summed E-state index contributed by atoms with van der Waals surface area (Å²) in [5.74, 6) is 0.421. The van der Waals surface area contributed by atoms with Crippen molar-refractivity contribution in [2.24, 2.45) is 7.05 Å². The van der Waals surface area contributed by atoms with E-state index < -0.39 is 0 Å². The molecule has 0 spiro atoms. The van der Waals surface area contributed by atoms with Gasteiger partial charge in [0.25, 0.3) is 0 Å². The molecule has 1 aliphatic rings. The monoisotopic (exact) mass is 466 g/mol. The molecule has 0 atom stereocenters. The number of nitrogens with zero attached hydrogens (tertiary/aromatic N) is 4. The molecule has 35 heavy (non-hydrogen) atoms. The molecule has 2 amide bonds. The zero-order valence-electron chi connectivity index (χ0n) is 19.5. The van der Waals surface area contributed by atoms with Gasteiger partial charge in [0.15, 0.2) is 0 Å². The number of carbonyl (C=O) groups is 2. The first-order valence-corrected chi connectivity index (χ1v) is 11.8. The molecule has 5 aromatic rings. The second-order valence-corrected chi connectivity index (χ2v) is 8.97. The van der Waals surface area contributed by atoms with Crippen LogP contribution in [0.15, 0.2) is 67.0 Å². The van der Waals surface area contributed by atoms with Gasteiger partial charge >= 0.3 is 0 Å². The number of nitrogens with one attached hydrogen (secondary N) is 2. The van der Waals surface area contributed by atoms with Gasteiger partial charge in [0.1, 0.15) is 12.4 Å². The van der Waals surface area contributed by atoms with Crippen molar-refractivity contribution < 1.29 is 9.59 Å². The Bertz CT molecular complexity index is 1570. The third kappa shape index (κ3) is 3.77. The highest BCUT2D eigenvalue weighted by atomic mass is 16.2. The van der Waals surface area contributed by atoms with Crippen LogP contribution < -0.4 is 10.2 Å². The van der Waals surface area contributed by atoms with Gasteiger partial charge in [-0.25, -0.2) is 4.68 Å². The van der Waals surface area contributed by atoms with Gasteiger partial charge in [-0.3, -0.25) is 14.5 Å². The molecule has 0 radical (unpaired) electrons. The van der Waals surface area contributed by atoms with Crippen LogP contribution in [0, 0.1) is 0 Å². The van der Waals surface area contributed by atoms with Crippen LogP contribution in [0.2, 0.25) is 0 Å². The molecule has 0 saturated carbocycles. The molecule has 6 rings (SSSR count). The molecule has 176 valence electrons. The summed E-state index contributed by atoms with van der Waals surface area (Å²) in [5, 5.41) is 10.0. The van der Waals surface area contributed by atoms with Crippen LogP contribution in [0.3, 0.4) is 0 Å². The summed E-state index contributed by atoms with van der Waals surface area (Å²) in [6.07, 6.45) is 5.08. The van der Waals surface area contributed by atoms with Gasteiger partial charge in [-0.2, -0.15) is 5.10 Å². The van der Waals surface area contributed by atoms with Gasteiger partial charge in [0.05, 0.1) is 12.2 Å². The molecule has 2 aromatic carbocycles. The van der Waals surface area contributed by atoms with Crippen molar-refractivity contribution in [2.45, 2.75) is 19.4 Å². The first-order chi connectivity index (χ1) is 17.1. The van der Waals surface area contributed by atoms with Crippen molar-refractivity contribution in [1.29, 1.82) is 0 Å². The van der Waals surface area contributed by atoms with Gasteiger partial charge in [0.2, 0.25) is 11.8 Å². The lowest BCUT2D eigenvalue weighted by molar-refractivity contribution is -0.124. The largest absolute Gasteiger partial charge is 0.361 e. The maximum Gasteiger partial charge on any atom is 0.240 e. The number of anilines is 1. The van der Waals surface area contributed by atoms with E-state index in [9.17, 15) is 9.59 Å². The van der Waals surface area contributed by atoms with Crippen LogP contribution in [0.4, 0.5) is 5.82 Å². The lowest BCUT2D eigenvalue weighted by Crippen LogP contribution is -2.44. The minimum Gasteiger partial charge on any atom is -0.361 e. The lowest BCUT2D eigenvalue weighted by Gasteiger charge is -2.26. The molecule has 4 heterocycles. The average molecular weight is 467 g/mol. The van der Waals surface area contributed by atoms with Crippen LogP contribution >= 0.6 is 0 Å². The number of benzene rings is 2. The van der Waals surface area contributed by atoms with E-state index in [1.165, 1.54) is 0 Å². The molecule has 8 nitrogen and oxygen atoms in total. The zero-order chi connectivity index (χ0) is 23.9. The maximum atomic E-state index is 12.8. The molecule has 0 saturated heterocycles. The number of hydrogen-bond donors (Lipinski definition) is 2. The molecular formula is C27H26N6O2. The number of H-pyrrole nitrogens is 1. The number of aromatic amines is 1. The lowest BCUT2D eigenvalue weighted by atomic mass is 10.1. The van der Waals surface area contributed by atoms with Gasteiger partial charge in [-0.15, -0.1) is 0 Å². The Morgan fingerprint density at radius 1 is 1.11 bits per heavy atom. The van der Waals surface area contributed by atoms with Gasteiger partial charge < -0.3 is 14.9 Å². The highest BCUT2D eigenvalue weighted by molar-refractivity contribution is 6.00. The van der Waals surface area contributed by atoms with Gasteiger partial charge in [0, 0.05) is 65.8 Å². The molecule has 0 bridgehead atoms. The van der Waals surface area contributed by atoms with E-state index in [0.717, 1.165) is 38.6 Å². The van der Waals surface area contributed by atoms with E-state index >= 15 is 0 Å². The number of para-hydroxylation sites is 2.